The van der Waals surface area contributed by atoms with Gasteiger partial charge in [-0.3, -0.25) is 4.68 Å². The minimum absolute atomic E-state index is 0.185. The number of oxime groups is 1. The van der Waals surface area contributed by atoms with Crippen molar-refractivity contribution in [2.45, 2.75) is 39.2 Å². The van der Waals surface area contributed by atoms with Gasteiger partial charge in [0.25, 0.3) is 0 Å². The molecule has 0 saturated heterocycles. The molecule has 3 N–H and O–H groups in total. The highest BCUT2D eigenvalue weighted by atomic mass is 16.4. The second kappa shape index (κ2) is 5.38. The summed E-state index contributed by atoms with van der Waals surface area (Å²) >= 11 is 0. The predicted molar refractivity (Wildman–Crippen MR) is 59.0 cm³/mol. The highest BCUT2D eigenvalue weighted by Crippen LogP contribution is 2.14. The van der Waals surface area contributed by atoms with Gasteiger partial charge in [0.1, 0.15) is 5.84 Å². The Bertz CT molecular complexity index is 328. The first-order chi connectivity index (χ1) is 7.21. The van der Waals surface area contributed by atoms with Crippen LogP contribution in [0.1, 0.15) is 38.4 Å². The number of rotatable bonds is 5. The molecule has 0 atom stereocenters. The summed E-state index contributed by atoms with van der Waals surface area (Å²) in [6, 6.07) is 2.34. The standard InChI is InChI=1S/C10H18N4O/c1-3-9(4-2)14-6-5-8(12-14)7-10(11)13-15/h5-6,9,15H,3-4,7H2,1-2H3,(H2,11,13). The lowest BCUT2D eigenvalue weighted by atomic mass is 10.2. The van der Waals surface area contributed by atoms with Gasteiger partial charge in [0.2, 0.25) is 0 Å². The van der Waals surface area contributed by atoms with Gasteiger partial charge in [-0.2, -0.15) is 5.10 Å². The van der Waals surface area contributed by atoms with Crippen LogP contribution in [0.3, 0.4) is 0 Å². The van der Waals surface area contributed by atoms with Crippen LogP contribution in [0.4, 0.5) is 0 Å². The molecule has 0 aliphatic rings. The molecule has 0 amide bonds. The largest absolute Gasteiger partial charge is 0.409 e. The van der Waals surface area contributed by atoms with E-state index in [0.29, 0.717) is 12.5 Å². The summed E-state index contributed by atoms with van der Waals surface area (Å²) in [6.45, 7) is 4.28. The average molecular weight is 210 g/mol. The number of aromatic nitrogens is 2. The van der Waals surface area contributed by atoms with E-state index in [9.17, 15) is 0 Å². The maximum Gasteiger partial charge on any atom is 0.145 e. The van der Waals surface area contributed by atoms with Crippen molar-refractivity contribution in [3.05, 3.63) is 18.0 Å². The summed E-state index contributed by atoms with van der Waals surface area (Å²) < 4.78 is 1.94. The number of nitrogens with zero attached hydrogens (tertiary/aromatic N) is 3. The van der Waals surface area contributed by atoms with Crippen molar-refractivity contribution < 1.29 is 5.21 Å². The molecule has 5 heteroatoms. The van der Waals surface area contributed by atoms with E-state index in [1.54, 1.807) is 0 Å². The van der Waals surface area contributed by atoms with E-state index in [1.165, 1.54) is 0 Å². The molecule has 0 bridgehead atoms. The van der Waals surface area contributed by atoms with Crippen LogP contribution in [-0.4, -0.2) is 20.8 Å². The van der Waals surface area contributed by atoms with Crippen LogP contribution in [0, 0.1) is 0 Å². The van der Waals surface area contributed by atoms with Gasteiger partial charge >= 0.3 is 0 Å². The van der Waals surface area contributed by atoms with E-state index in [2.05, 4.69) is 24.1 Å². The third-order valence-corrected chi connectivity index (χ3v) is 2.47. The van der Waals surface area contributed by atoms with Crippen molar-refractivity contribution in [1.82, 2.24) is 9.78 Å². The van der Waals surface area contributed by atoms with E-state index in [-0.39, 0.29) is 5.84 Å². The van der Waals surface area contributed by atoms with Crippen LogP contribution < -0.4 is 5.73 Å². The fourth-order valence-electron chi connectivity index (χ4n) is 1.56. The first-order valence-corrected chi connectivity index (χ1v) is 5.21. The molecular formula is C10H18N4O. The van der Waals surface area contributed by atoms with Crippen LogP contribution in [0.15, 0.2) is 17.4 Å². The van der Waals surface area contributed by atoms with Crippen molar-refractivity contribution in [2.24, 2.45) is 10.9 Å². The molecule has 0 saturated carbocycles. The maximum absolute atomic E-state index is 8.43. The molecule has 1 heterocycles. The zero-order valence-corrected chi connectivity index (χ0v) is 9.22. The molecule has 84 valence electrons. The van der Waals surface area contributed by atoms with Crippen LogP contribution in [0.5, 0.6) is 0 Å². The molecule has 0 fully saturated rings. The van der Waals surface area contributed by atoms with E-state index in [0.717, 1.165) is 18.5 Å². The summed E-state index contributed by atoms with van der Waals surface area (Å²) in [7, 11) is 0. The molecule has 0 aliphatic carbocycles. The third kappa shape index (κ3) is 2.97. The van der Waals surface area contributed by atoms with E-state index >= 15 is 0 Å². The summed E-state index contributed by atoms with van der Waals surface area (Å²) in [5.74, 6) is 0.185. The highest BCUT2D eigenvalue weighted by molar-refractivity contribution is 5.81. The van der Waals surface area contributed by atoms with E-state index in [1.807, 2.05) is 16.9 Å². The van der Waals surface area contributed by atoms with Crippen molar-refractivity contribution in [3.8, 4) is 0 Å². The Hall–Kier alpha value is -1.52. The molecule has 0 aromatic carbocycles. The SMILES string of the molecule is CCC(CC)n1ccc(CC(N)=NO)n1. The smallest absolute Gasteiger partial charge is 0.145 e. The topological polar surface area (TPSA) is 76.4 Å². The Kier molecular flexibility index (Phi) is 4.15. The molecule has 5 nitrogen and oxygen atoms in total. The van der Waals surface area contributed by atoms with Crippen LogP contribution in [0.2, 0.25) is 0 Å². The molecular weight excluding hydrogens is 192 g/mol. The van der Waals surface area contributed by atoms with Crippen molar-refractivity contribution in [2.75, 3.05) is 0 Å². The molecule has 1 aromatic rings. The van der Waals surface area contributed by atoms with Gasteiger partial charge in [-0.05, 0) is 18.9 Å². The average Bonchev–Trinajstić information content (AvgIpc) is 2.68. The lowest BCUT2D eigenvalue weighted by Gasteiger charge is -2.12. The molecule has 1 aromatic heterocycles. The zero-order chi connectivity index (χ0) is 11.3. The molecule has 0 aliphatic heterocycles. The Balaban J connectivity index is 2.71. The van der Waals surface area contributed by atoms with Gasteiger partial charge in [-0.1, -0.05) is 19.0 Å². The molecule has 1 rings (SSSR count). The van der Waals surface area contributed by atoms with Gasteiger partial charge in [0.05, 0.1) is 18.2 Å². The molecule has 0 spiro atoms. The summed E-state index contributed by atoms with van der Waals surface area (Å²) in [5, 5.41) is 15.7. The number of amidine groups is 1. The van der Waals surface area contributed by atoms with Crippen molar-refractivity contribution in [3.63, 3.8) is 0 Å². The third-order valence-electron chi connectivity index (χ3n) is 2.47. The van der Waals surface area contributed by atoms with Gasteiger partial charge in [0, 0.05) is 6.20 Å². The summed E-state index contributed by atoms with van der Waals surface area (Å²) in [4.78, 5) is 0. The van der Waals surface area contributed by atoms with Crippen LogP contribution >= 0.6 is 0 Å². The normalized spacial score (nSPS) is 12.3. The van der Waals surface area contributed by atoms with E-state index < -0.39 is 0 Å². The minimum Gasteiger partial charge on any atom is -0.409 e. The second-order valence-corrected chi connectivity index (χ2v) is 3.53. The molecule has 15 heavy (non-hydrogen) atoms. The predicted octanol–water partition coefficient (Wildman–Crippen LogP) is 1.53. The van der Waals surface area contributed by atoms with Crippen molar-refractivity contribution in [1.29, 1.82) is 0 Å². The maximum atomic E-state index is 8.43. The van der Waals surface area contributed by atoms with Crippen LogP contribution in [-0.2, 0) is 6.42 Å². The van der Waals surface area contributed by atoms with Crippen molar-refractivity contribution >= 4 is 5.84 Å². The Morgan fingerprint density at radius 1 is 1.60 bits per heavy atom. The number of nitrogens with two attached hydrogens (primary N) is 1. The first-order valence-electron chi connectivity index (χ1n) is 5.21. The quantitative estimate of drug-likeness (QED) is 0.335. The Morgan fingerprint density at radius 2 is 2.27 bits per heavy atom. The van der Waals surface area contributed by atoms with Gasteiger partial charge in [0.15, 0.2) is 0 Å². The number of hydrogen-bond donors (Lipinski definition) is 2. The Morgan fingerprint density at radius 3 is 2.80 bits per heavy atom. The summed E-state index contributed by atoms with van der Waals surface area (Å²) in [6.07, 6.45) is 4.45. The lowest BCUT2D eigenvalue weighted by molar-refractivity contribution is 0.317. The van der Waals surface area contributed by atoms with Gasteiger partial charge in [-0.25, -0.2) is 0 Å². The lowest BCUT2D eigenvalue weighted by Crippen LogP contribution is -2.15. The van der Waals surface area contributed by atoms with E-state index in [4.69, 9.17) is 10.9 Å². The monoisotopic (exact) mass is 210 g/mol. The second-order valence-electron chi connectivity index (χ2n) is 3.53. The Labute approximate surface area is 89.6 Å². The summed E-state index contributed by atoms with van der Waals surface area (Å²) in [5.41, 5.74) is 6.24. The minimum atomic E-state index is 0.185. The fraction of sp³-hybridized carbons (Fsp3) is 0.600. The zero-order valence-electron chi connectivity index (χ0n) is 9.22. The number of hydrogen-bond acceptors (Lipinski definition) is 3. The molecule has 0 unspecified atom stereocenters. The first kappa shape index (κ1) is 11.6. The van der Waals surface area contributed by atoms with Gasteiger partial charge in [-0.15, -0.1) is 0 Å². The van der Waals surface area contributed by atoms with Crippen LogP contribution in [0.25, 0.3) is 0 Å². The molecule has 0 radical (unpaired) electrons. The van der Waals surface area contributed by atoms with Gasteiger partial charge < -0.3 is 10.9 Å². The fourth-order valence-corrected chi connectivity index (χ4v) is 1.56. The highest BCUT2D eigenvalue weighted by Gasteiger charge is 2.08.